The Morgan fingerprint density at radius 2 is 2.07 bits per heavy atom. The average molecular weight is 206 g/mol. The number of methoxy groups -OCH3 is 2. The molecule has 3 heteroatoms. The predicted molar refractivity (Wildman–Crippen MR) is 57.6 cm³/mol. The molecule has 0 amide bonds. The fourth-order valence-electron chi connectivity index (χ4n) is 1.29. The first-order chi connectivity index (χ1) is 7.33. The molecule has 0 aromatic heterocycles. The molecule has 0 saturated heterocycles. The van der Waals surface area contributed by atoms with Crippen LogP contribution in [0.5, 0.6) is 5.75 Å². The molecule has 0 aliphatic rings. The Bertz CT molecular complexity index is 363. The summed E-state index contributed by atoms with van der Waals surface area (Å²) in [4.78, 5) is 0. The standard InChI is InChI=1S/C12H14O3/c1-14-11-7-4-3-6-10(11)12(15-2)8-5-9-13/h3-4,6-7,12-13H,9H2,1-2H3. The van der Waals surface area contributed by atoms with Gasteiger partial charge in [0, 0.05) is 12.7 Å². The van der Waals surface area contributed by atoms with E-state index in [9.17, 15) is 0 Å². The molecule has 1 unspecified atom stereocenters. The van der Waals surface area contributed by atoms with Crippen molar-refractivity contribution in [2.75, 3.05) is 20.8 Å². The Labute approximate surface area is 89.6 Å². The van der Waals surface area contributed by atoms with Gasteiger partial charge in [0.15, 0.2) is 0 Å². The van der Waals surface area contributed by atoms with Crippen molar-refractivity contribution in [3.05, 3.63) is 29.8 Å². The van der Waals surface area contributed by atoms with Gasteiger partial charge in [-0.15, -0.1) is 0 Å². The number of para-hydroxylation sites is 1. The molecule has 1 aromatic carbocycles. The van der Waals surface area contributed by atoms with Gasteiger partial charge in [0.2, 0.25) is 0 Å². The number of hydrogen-bond acceptors (Lipinski definition) is 3. The highest BCUT2D eigenvalue weighted by atomic mass is 16.5. The van der Waals surface area contributed by atoms with Crippen LogP contribution < -0.4 is 4.74 Å². The maximum absolute atomic E-state index is 8.62. The van der Waals surface area contributed by atoms with Crippen LogP contribution in [0.25, 0.3) is 0 Å². The summed E-state index contributed by atoms with van der Waals surface area (Å²) in [5.74, 6) is 6.11. The van der Waals surface area contributed by atoms with Crippen LogP contribution in [0, 0.1) is 11.8 Å². The molecule has 1 aromatic rings. The maximum atomic E-state index is 8.62. The summed E-state index contributed by atoms with van der Waals surface area (Å²) in [6, 6.07) is 7.51. The Kier molecular flexibility index (Phi) is 4.69. The minimum atomic E-state index is -0.367. The van der Waals surface area contributed by atoms with Crippen molar-refractivity contribution in [3.63, 3.8) is 0 Å². The maximum Gasteiger partial charge on any atom is 0.146 e. The normalized spacial score (nSPS) is 11.4. The first-order valence-corrected chi connectivity index (χ1v) is 4.58. The number of ether oxygens (including phenoxy) is 2. The molecule has 1 atom stereocenters. The van der Waals surface area contributed by atoms with Gasteiger partial charge in [-0.05, 0) is 6.07 Å². The molecular weight excluding hydrogens is 192 g/mol. The molecule has 0 fully saturated rings. The smallest absolute Gasteiger partial charge is 0.146 e. The molecule has 15 heavy (non-hydrogen) atoms. The summed E-state index contributed by atoms with van der Waals surface area (Å²) in [6.07, 6.45) is -0.367. The predicted octanol–water partition coefficient (Wildman–Crippen LogP) is 1.38. The Morgan fingerprint density at radius 3 is 2.67 bits per heavy atom. The molecule has 0 radical (unpaired) electrons. The molecule has 0 bridgehead atoms. The minimum absolute atomic E-state index is 0.172. The fraction of sp³-hybridized carbons (Fsp3) is 0.333. The highest BCUT2D eigenvalue weighted by Crippen LogP contribution is 2.26. The van der Waals surface area contributed by atoms with Crippen molar-refractivity contribution in [1.82, 2.24) is 0 Å². The van der Waals surface area contributed by atoms with Crippen LogP contribution in [0.4, 0.5) is 0 Å². The van der Waals surface area contributed by atoms with Crippen LogP contribution in [0.2, 0.25) is 0 Å². The van der Waals surface area contributed by atoms with Crippen LogP contribution >= 0.6 is 0 Å². The summed E-state index contributed by atoms with van der Waals surface area (Å²) in [5.41, 5.74) is 0.864. The average Bonchev–Trinajstić information content (AvgIpc) is 2.30. The van der Waals surface area contributed by atoms with E-state index in [0.717, 1.165) is 11.3 Å². The van der Waals surface area contributed by atoms with E-state index in [1.165, 1.54) is 0 Å². The van der Waals surface area contributed by atoms with Gasteiger partial charge in [0.25, 0.3) is 0 Å². The number of rotatable bonds is 3. The molecule has 0 heterocycles. The second-order valence-corrected chi connectivity index (χ2v) is 2.84. The number of benzene rings is 1. The van der Waals surface area contributed by atoms with Crippen LogP contribution in [0.15, 0.2) is 24.3 Å². The summed E-state index contributed by atoms with van der Waals surface area (Å²) in [6.45, 7) is -0.172. The van der Waals surface area contributed by atoms with Crippen LogP contribution in [0.3, 0.4) is 0 Å². The highest BCUT2D eigenvalue weighted by Gasteiger charge is 2.11. The number of hydrogen-bond donors (Lipinski definition) is 1. The molecule has 80 valence electrons. The van der Waals surface area contributed by atoms with Crippen LogP contribution in [-0.2, 0) is 4.74 Å². The summed E-state index contributed by atoms with van der Waals surface area (Å²) < 4.78 is 10.4. The topological polar surface area (TPSA) is 38.7 Å². The quantitative estimate of drug-likeness (QED) is 0.759. The Morgan fingerprint density at radius 1 is 1.33 bits per heavy atom. The zero-order valence-corrected chi connectivity index (χ0v) is 8.86. The van der Waals surface area contributed by atoms with Gasteiger partial charge in [0.05, 0.1) is 7.11 Å². The largest absolute Gasteiger partial charge is 0.496 e. The van der Waals surface area contributed by atoms with Crippen LogP contribution in [0.1, 0.15) is 11.7 Å². The zero-order chi connectivity index (χ0) is 11.1. The summed E-state index contributed by atoms with van der Waals surface area (Å²) >= 11 is 0. The van der Waals surface area contributed by atoms with E-state index in [4.69, 9.17) is 14.6 Å². The molecule has 1 rings (SSSR count). The summed E-state index contributed by atoms with van der Waals surface area (Å²) in [7, 11) is 3.17. The lowest BCUT2D eigenvalue weighted by Crippen LogP contribution is -2.01. The number of aliphatic hydroxyl groups excluding tert-OH is 1. The fourth-order valence-corrected chi connectivity index (χ4v) is 1.29. The van der Waals surface area contributed by atoms with Crippen LogP contribution in [-0.4, -0.2) is 25.9 Å². The molecule has 1 N–H and O–H groups in total. The third-order valence-corrected chi connectivity index (χ3v) is 1.97. The van der Waals surface area contributed by atoms with E-state index in [2.05, 4.69) is 11.8 Å². The molecule has 3 nitrogen and oxygen atoms in total. The zero-order valence-electron chi connectivity index (χ0n) is 8.86. The first-order valence-electron chi connectivity index (χ1n) is 4.58. The van der Waals surface area contributed by atoms with Gasteiger partial charge >= 0.3 is 0 Å². The van der Waals surface area contributed by atoms with E-state index < -0.39 is 0 Å². The van der Waals surface area contributed by atoms with Crippen molar-refractivity contribution in [3.8, 4) is 17.6 Å². The third-order valence-electron chi connectivity index (χ3n) is 1.97. The lowest BCUT2D eigenvalue weighted by atomic mass is 10.1. The SMILES string of the molecule is COc1ccccc1C(C#CCO)OC. The lowest BCUT2D eigenvalue weighted by Gasteiger charge is -2.12. The van der Waals surface area contributed by atoms with E-state index in [1.54, 1.807) is 14.2 Å². The van der Waals surface area contributed by atoms with E-state index >= 15 is 0 Å². The molecule has 0 spiro atoms. The van der Waals surface area contributed by atoms with Crippen molar-refractivity contribution in [1.29, 1.82) is 0 Å². The molecule has 0 saturated carbocycles. The van der Waals surface area contributed by atoms with Gasteiger partial charge in [0.1, 0.15) is 18.5 Å². The van der Waals surface area contributed by atoms with Gasteiger partial charge in [-0.2, -0.15) is 0 Å². The van der Waals surface area contributed by atoms with E-state index in [0.29, 0.717) is 0 Å². The highest BCUT2D eigenvalue weighted by molar-refractivity contribution is 5.38. The second kappa shape index (κ2) is 6.07. The van der Waals surface area contributed by atoms with E-state index in [-0.39, 0.29) is 12.7 Å². The van der Waals surface area contributed by atoms with Gasteiger partial charge < -0.3 is 14.6 Å². The van der Waals surface area contributed by atoms with Gasteiger partial charge in [-0.3, -0.25) is 0 Å². The third kappa shape index (κ3) is 2.98. The van der Waals surface area contributed by atoms with Crippen molar-refractivity contribution < 1.29 is 14.6 Å². The van der Waals surface area contributed by atoms with E-state index in [1.807, 2.05) is 24.3 Å². The molecular formula is C12H14O3. The van der Waals surface area contributed by atoms with Gasteiger partial charge in [-0.25, -0.2) is 0 Å². The first kappa shape index (κ1) is 11.6. The second-order valence-electron chi connectivity index (χ2n) is 2.84. The van der Waals surface area contributed by atoms with Gasteiger partial charge in [-0.1, -0.05) is 30.0 Å². The summed E-state index contributed by atoms with van der Waals surface area (Å²) in [5, 5.41) is 8.62. The number of aliphatic hydroxyl groups is 1. The Balaban J connectivity index is 3.00. The van der Waals surface area contributed by atoms with Crippen molar-refractivity contribution in [2.24, 2.45) is 0 Å². The van der Waals surface area contributed by atoms with Crippen molar-refractivity contribution >= 4 is 0 Å². The molecule has 0 aliphatic heterocycles. The minimum Gasteiger partial charge on any atom is -0.496 e. The monoisotopic (exact) mass is 206 g/mol. The Hall–Kier alpha value is -1.50. The lowest BCUT2D eigenvalue weighted by molar-refractivity contribution is 0.147. The van der Waals surface area contributed by atoms with Crippen molar-refractivity contribution in [2.45, 2.75) is 6.10 Å². The molecule has 0 aliphatic carbocycles.